The molecular weight excluding hydrogens is 420 g/mol. The van der Waals surface area contributed by atoms with Crippen LogP contribution < -0.4 is 19.5 Å². The number of likely N-dealkylation sites (N-methyl/N-ethyl adjacent to an activating group) is 1. The Morgan fingerprint density at radius 2 is 1.67 bits per heavy atom. The first kappa shape index (κ1) is 24.1. The van der Waals surface area contributed by atoms with E-state index in [0.717, 1.165) is 24.3 Å². The van der Waals surface area contributed by atoms with Gasteiger partial charge in [-0.2, -0.15) is 0 Å². The third-order valence-corrected chi connectivity index (χ3v) is 5.66. The van der Waals surface area contributed by atoms with E-state index < -0.39 is 0 Å². The second kappa shape index (κ2) is 11.4. The molecule has 0 aliphatic heterocycles. The number of hydrogen-bond acceptors (Lipinski definition) is 6. The number of rotatable bonds is 11. The normalized spacial score (nSPS) is 11.8. The lowest BCUT2D eigenvalue weighted by Crippen LogP contribution is -2.38. The summed E-state index contributed by atoms with van der Waals surface area (Å²) in [7, 11) is 4.74. The molecule has 8 heteroatoms. The number of benzene rings is 2. The molecule has 8 nitrogen and oxygen atoms in total. The van der Waals surface area contributed by atoms with E-state index in [-0.39, 0.29) is 11.9 Å². The minimum Gasteiger partial charge on any atom is -0.493 e. The van der Waals surface area contributed by atoms with Crippen LogP contribution in [0.3, 0.4) is 0 Å². The highest BCUT2D eigenvalue weighted by Crippen LogP contribution is 2.39. The number of ether oxygens (including phenoxy) is 3. The molecule has 33 heavy (non-hydrogen) atoms. The number of carbonyl (C=O) groups is 1. The van der Waals surface area contributed by atoms with Crippen LogP contribution >= 0.6 is 0 Å². The first-order valence-corrected chi connectivity index (χ1v) is 11.0. The molecule has 3 aromatic rings. The first-order chi connectivity index (χ1) is 16.0. The Kier molecular flexibility index (Phi) is 8.32. The fraction of sp³-hybridized carbons (Fsp3) is 0.360. The smallest absolute Gasteiger partial charge is 0.251 e. The Labute approximate surface area is 195 Å². The van der Waals surface area contributed by atoms with Gasteiger partial charge in [0.25, 0.3) is 5.91 Å². The number of imidazole rings is 1. The van der Waals surface area contributed by atoms with Crippen molar-refractivity contribution in [2.24, 2.45) is 0 Å². The lowest BCUT2D eigenvalue weighted by molar-refractivity contribution is 0.0925. The molecule has 0 saturated heterocycles. The van der Waals surface area contributed by atoms with Gasteiger partial charge in [0.05, 0.1) is 33.7 Å². The average molecular weight is 453 g/mol. The lowest BCUT2D eigenvalue weighted by Gasteiger charge is -2.27. The van der Waals surface area contributed by atoms with E-state index >= 15 is 0 Å². The molecule has 0 aliphatic rings. The second-order valence-electron chi connectivity index (χ2n) is 7.49. The van der Waals surface area contributed by atoms with Gasteiger partial charge in [-0.25, -0.2) is 4.98 Å². The summed E-state index contributed by atoms with van der Waals surface area (Å²) in [6, 6.07) is 10.9. The van der Waals surface area contributed by atoms with Gasteiger partial charge in [0.1, 0.15) is 0 Å². The monoisotopic (exact) mass is 452 g/mol. The van der Waals surface area contributed by atoms with Gasteiger partial charge in [0.2, 0.25) is 5.75 Å². The molecule has 0 fully saturated rings. The maximum atomic E-state index is 13.2. The third kappa shape index (κ3) is 5.64. The van der Waals surface area contributed by atoms with Crippen LogP contribution in [0.25, 0.3) is 5.69 Å². The summed E-state index contributed by atoms with van der Waals surface area (Å²) >= 11 is 0. The fourth-order valence-electron chi connectivity index (χ4n) is 3.72. The predicted molar refractivity (Wildman–Crippen MR) is 128 cm³/mol. The molecule has 3 rings (SSSR count). The van der Waals surface area contributed by atoms with Crippen molar-refractivity contribution in [1.29, 1.82) is 0 Å². The van der Waals surface area contributed by atoms with Crippen LogP contribution in [-0.2, 0) is 0 Å². The van der Waals surface area contributed by atoms with Crippen LogP contribution in [-0.4, -0.2) is 61.3 Å². The molecule has 1 atom stereocenters. The van der Waals surface area contributed by atoms with Crippen molar-refractivity contribution < 1.29 is 19.0 Å². The summed E-state index contributed by atoms with van der Waals surface area (Å²) in [5.41, 5.74) is 2.39. The first-order valence-electron chi connectivity index (χ1n) is 11.0. The number of aromatic nitrogens is 2. The molecule has 0 radical (unpaired) electrons. The van der Waals surface area contributed by atoms with E-state index in [1.54, 1.807) is 33.9 Å². The van der Waals surface area contributed by atoms with Crippen molar-refractivity contribution in [1.82, 2.24) is 19.8 Å². The van der Waals surface area contributed by atoms with Gasteiger partial charge in [-0.3, -0.25) is 4.79 Å². The molecule has 176 valence electrons. The van der Waals surface area contributed by atoms with E-state index in [0.29, 0.717) is 29.4 Å². The SMILES string of the molecule is CCN(CC)CC(NC(=O)c1ccc(-n2ccnc2)cc1)c1cc(OC)c(OC)c(OC)c1. The van der Waals surface area contributed by atoms with Gasteiger partial charge in [0, 0.05) is 30.2 Å². The minimum absolute atomic E-state index is 0.155. The van der Waals surface area contributed by atoms with Crippen molar-refractivity contribution >= 4 is 5.91 Å². The summed E-state index contributed by atoms with van der Waals surface area (Å²) in [6.07, 6.45) is 5.30. The number of nitrogens with zero attached hydrogens (tertiary/aromatic N) is 3. The topological polar surface area (TPSA) is 77.9 Å². The molecule has 1 unspecified atom stereocenters. The molecule has 1 amide bonds. The average Bonchev–Trinajstić information content (AvgIpc) is 3.40. The van der Waals surface area contributed by atoms with Gasteiger partial charge < -0.3 is 29.0 Å². The van der Waals surface area contributed by atoms with Crippen molar-refractivity contribution in [3.05, 3.63) is 66.2 Å². The van der Waals surface area contributed by atoms with E-state index in [1.807, 2.05) is 47.2 Å². The van der Waals surface area contributed by atoms with Crippen molar-refractivity contribution in [2.75, 3.05) is 41.0 Å². The third-order valence-electron chi connectivity index (χ3n) is 5.66. The number of amides is 1. The molecule has 0 saturated carbocycles. The lowest BCUT2D eigenvalue weighted by atomic mass is 10.0. The van der Waals surface area contributed by atoms with E-state index in [9.17, 15) is 4.79 Å². The molecule has 1 N–H and O–H groups in total. The van der Waals surface area contributed by atoms with E-state index in [1.165, 1.54) is 0 Å². The van der Waals surface area contributed by atoms with Crippen LogP contribution in [0.1, 0.15) is 35.8 Å². The number of nitrogens with one attached hydrogen (secondary N) is 1. The van der Waals surface area contributed by atoms with Crippen molar-refractivity contribution in [3.63, 3.8) is 0 Å². The molecule has 1 aromatic heterocycles. The molecule has 0 bridgehead atoms. The van der Waals surface area contributed by atoms with E-state index in [2.05, 4.69) is 29.0 Å². The van der Waals surface area contributed by atoms with Gasteiger partial charge >= 0.3 is 0 Å². The largest absolute Gasteiger partial charge is 0.493 e. The van der Waals surface area contributed by atoms with Gasteiger partial charge in [-0.1, -0.05) is 13.8 Å². The summed E-state index contributed by atoms with van der Waals surface area (Å²) in [5.74, 6) is 1.47. The van der Waals surface area contributed by atoms with Crippen LogP contribution in [0.5, 0.6) is 17.2 Å². The highest BCUT2D eigenvalue weighted by molar-refractivity contribution is 5.94. The molecular formula is C25H32N4O4. The zero-order valence-corrected chi connectivity index (χ0v) is 19.9. The standard InChI is InChI=1S/C25H32N4O4/c1-6-28(7-2)16-21(19-14-22(31-3)24(33-5)23(15-19)32-4)27-25(30)18-8-10-20(11-9-18)29-13-12-26-17-29/h8-15,17,21H,6-7,16H2,1-5H3,(H,27,30). The zero-order valence-electron chi connectivity index (χ0n) is 19.9. The van der Waals surface area contributed by atoms with Crippen LogP contribution in [0.2, 0.25) is 0 Å². The highest BCUT2D eigenvalue weighted by atomic mass is 16.5. The fourth-order valence-corrected chi connectivity index (χ4v) is 3.72. The summed E-state index contributed by atoms with van der Waals surface area (Å²) < 4.78 is 18.4. The Morgan fingerprint density at radius 1 is 1.03 bits per heavy atom. The Balaban J connectivity index is 1.90. The van der Waals surface area contributed by atoms with Crippen LogP contribution in [0.15, 0.2) is 55.1 Å². The maximum Gasteiger partial charge on any atom is 0.251 e. The predicted octanol–water partition coefficient (Wildman–Crippen LogP) is 3.71. The zero-order chi connectivity index (χ0) is 23.8. The minimum atomic E-state index is -0.278. The quantitative estimate of drug-likeness (QED) is 0.478. The number of hydrogen-bond donors (Lipinski definition) is 1. The van der Waals surface area contributed by atoms with Crippen molar-refractivity contribution in [2.45, 2.75) is 19.9 Å². The molecule has 1 heterocycles. The maximum absolute atomic E-state index is 13.2. The van der Waals surface area contributed by atoms with E-state index in [4.69, 9.17) is 14.2 Å². The van der Waals surface area contributed by atoms with Gasteiger partial charge in [-0.05, 0) is 55.1 Å². The van der Waals surface area contributed by atoms with Gasteiger partial charge in [0.15, 0.2) is 11.5 Å². The van der Waals surface area contributed by atoms with Crippen LogP contribution in [0.4, 0.5) is 0 Å². The number of methoxy groups -OCH3 is 3. The second-order valence-corrected chi connectivity index (χ2v) is 7.49. The molecule has 2 aromatic carbocycles. The summed E-state index contributed by atoms with van der Waals surface area (Å²) in [6.45, 7) is 6.59. The summed E-state index contributed by atoms with van der Waals surface area (Å²) in [5, 5.41) is 3.19. The van der Waals surface area contributed by atoms with Crippen LogP contribution in [0, 0.1) is 0 Å². The van der Waals surface area contributed by atoms with Crippen molar-refractivity contribution in [3.8, 4) is 22.9 Å². The molecule has 0 aliphatic carbocycles. The highest BCUT2D eigenvalue weighted by Gasteiger charge is 2.22. The Bertz CT molecular complexity index is 1010. The summed E-state index contributed by atoms with van der Waals surface area (Å²) in [4.78, 5) is 19.5. The van der Waals surface area contributed by atoms with Gasteiger partial charge in [-0.15, -0.1) is 0 Å². The molecule has 0 spiro atoms. The Hall–Kier alpha value is -3.52. The number of carbonyl (C=O) groups excluding carboxylic acids is 1. The Morgan fingerprint density at radius 3 is 2.15 bits per heavy atom.